The van der Waals surface area contributed by atoms with E-state index in [9.17, 15) is 15.3 Å². The molecule has 0 spiro atoms. The quantitative estimate of drug-likeness (QED) is 0.572. The van der Waals surface area contributed by atoms with Crippen molar-refractivity contribution in [1.29, 1.82) is 0 Å². The van der Waals surface area contributed by atoms with Crippen LogP contribution in [0.3, 0.4) is 0 Å². The fraction of sp³-hybridized carbons (Fsp3) is 0.588. The third-order valence-electron chi connectivity index (χ3n) is 4.88. The largest absolute Gasteiger partial charge is 0.396 e. The van der Waals surface area contributed by atoms with Crippen molar-refractivity contribution < 1.29 is 15.3 Å². The molecule has 1 aliphatic carbocycles. The normalized spacial score (nSPS) is 26.5. The van der Waals surface area contributed by atoms with Gasteiger partial charge in [-0.3, -0.25) is 0 Å². The molecule has 0 radical (unpaired) electrons. The molecule has 0 aliphatic heterocycles. The molecule has 1 aliphatic rings. The number of fused-ring (bicyclic) bond motifs is 1. The third-order valence-corrected chi connectivity index (χ3v) is 5.60. The summed E-state index contributed by atoms with van der Waals surface area (Å²) in [6, 6.07) is 3.02. The number of rotatable bonds is 6. The minimum atomic E-state index is -0.990. The number of hydrogen-bond acceptors (Lipinski definition) is 5. The highest BCUT2D eigenvalue weighted by molar-refractivity contribution is 6.42. The van der Waals surface area contributed by atoms with E-state index >= 15 is 0 Å². The lowest BCUT2D eigenvalue weighted by molar-refractivity contribution is -0.00345. The topological polar surface area (TPSA) is 90.5 Å². The predicted molar refractivity (Wildman–Crippen MR) is 99.4 cm³/mol. The Morgan fingerprint density at radius 3 is 2.60 bits per heavy atom. The fourth-order valence-corrected chi connectivity index (χ4v) is 3.78. The van der Waals surface area contributed by atoms with Crippen LogP contribution in [0.5, 0.6) is 0 Å². The van der Waals surface area contributed by atoms with E-state index < -0.39 is 18.2 Å². The Hall–Kier alpha value is -1.05. The van der Waals surface area contributed by atoms with E-state index in [1.54, 1.807) is 12.1 Å². The van der Waals surface area contributed by atoms with Gasteiger partial charge in [-0.1, -0.05) is 36.5 Å². The van der Waals surface area contributed by atoms with Crippen LogP contribution in [-0.4, -0.2) is 50.2 Å². The highest BCUT2D eigenvalue weighted by Crippen LogP contribution is 2.40. The molecule has 8 heteroatoms. The van der Waals surface area contributed by atoms with Crippen molar-refractivity contribution in [2.24, 2.45) is 5.92 Å². The first kappa shape index (κ1) is 18.7. The van der Waals surface area contributed by atoms with E-state index in [0.717, 1.165) is 24.9 Å². The highest BCUT2D eigenvalue weighted by Gasteiger charge is 2.43. The summed E-state index contributed by atoms with van der Waals surface area (Å²) in [5.74, 6) is 0.236. The number of nitrogens with one attached hydrogen (secondary N) is 1. The molecule has 1 fully saturated rings. The SMILES string of the molecule is CCCCNc1nc2cc(Cl)c(Cl)cc2n1[C@H]1C[C@@H](CO)[C@H](O)[C@@H]1O. The molecular formula is C17H23Cl2N3O3. The first-order valence-corrected chi connectivity index (χ1v) is 9.31. The van der Waals surface area contributed by atoms with Crippen molar-refractivity contribution in [3.63, 3.8) is 0 Å². The zero-order chi connectivity index (χ0) is 18.1. The summed E-state index contributed by atoms with van der Waals surface area (Å²) in [5.41, 5.74) is 1.41. The summed E-state index contributed by atoms with van der Waals surface area (Å²) in [4.78, 5) is 4.59. The van der Waals surface area contributed by atoms with Gasteiger partial charge in [0.15, 0.2) is 0 Å². The van der Waals surface area contributed by atoms with Crippen LogP contribution >= 0.6 is 23.2 Å². The van der Waals surface area contributed by atoms with Gasteiger partial charge in [-0.15, -0.1) is 0 Å². The summed E-state index contributed by atoms with van der Waals surface area (Å²) >= 11 is 12.3. The molecule has 4 atom stereocenters. The Kier molecular flexibility index (Phi) is 5.75. The van der Waals surface area contributed by atoms with E-state index in [0.29, 0.717) is 27.9 Å². The number of halogens is 2. The Morgan fingerprint density at radius 1 is 1.24 bits per heavy atom. The number of anilines is 1. The predicted octanol–water partition coefficient (Wildman–Crippen LogP) is 2.83. The number of aromatic nitrogens is 2. The van der Waals surface area contributed by atoms with Gasteiger partial charge in [0, 0.05) is 19.1 Å². The summed E-state index contributed by atoms with van der Waals surface area (Å²) in [5, 5.41) is 34.3. The van der Waals surface area contributed by atoms with Gasteiger partial charge >= 0.3 is 0 Å². The van der Waals surface area contributed by atoms with Gasteiger partial charge in [-0.25, -0.2) is 4.98 Å². The molecule has 2 aromatic rings. The first-order chi connectivity index (χ1) is 12.0. The van der Waals surface area contributed by atoms with Crippen LogP contribution < -0.4 is 5.32 Å². The van der Waals surface area contributed by atoms with Gasteiger partial charge in [0.2, 0.25) is 5.95 Å². The lowest BCUT2D eigenvalue weighted by Gasteiger charge is -2.21. The van der Waals surface area contributed by atoms with Gasteiger partial charge < -0.3 is 25.2 Å². The van der Waals surface area contributed by atoms with Crippen molar-refractivity contribution in [2.75, 3.05) is 18.5 Å². The number of imidazole rings is 1. The number of nitrogens with zero attached hydrogens (tertiary/aromatic N) is 2. The Morgan fingerprint density at radius 2 is 1.96 bits per heavy atom. The van der Waals surface area contributed by atoms with E-state index in [-0.39, 0.29) is 12.5 Å². The average Bonchev–Trinajstić information content (AvgIpc) is 3.06. The minimum absolute atomic E-state index is 0.174. The second-order valence-electron chi connectivity index (χ2n) is 6.57. The summed E-state index contributed by atoms with van der Waals surface area (Å²) in [7, 11) is 0. The second kappa shape index (κ2) is 7.68. The number of aliphatic hydroxyl groups excluding tert-OH is 3. The van der Waals surface area contributed by atoms with Gasteiger partial charge in [0.1, 0.15) is 6.10 Å². The van der Waals surface area contributed by atoms with Crippen LogP contribution in [0, 0.1) is 5.92 Å². The van der Waals surface area contributed by atoms with Crippen molar-refractivity contribution in [1.82, 2.24) is 9.55 Å². The van der Waals surface area contributed by atoms with Gasteiger partial charge in [0.05, 0.1) is 33.2 Å². The van der Waals surface area contributed by atoms with Crippen LogP contribution in [0.25, 0.3) is 11.0 Å². The molecule has 1 heterocycles. The van der Waals surface area contributed by atoms with Crippen molar-refractivity contribution in [3.05, 3.63) is 22.2 Å². The van der Waals surface area contributed by atoms with Crippen LogP contribution in [0.2, 0.25) is 10.0 Å². The standard InChI is InChI=1S/C17H23Cl2N3O3/c1-2-3-4-20-17-21-12-6-10(18)11(19)7-13(12)22(17)14-5-9(8-23)15(24)16(14)25/h6-7,9,14-16,23-25H,2-5,8H2,1H3,(H,20,21)/t9-,14-,15-,16+/m0/s1. The number of unbranched alkanes of at least 4 members (excludes halogenated alkanes) is 1. The van der Waals surface area contributed by atoms with Crippen LogP contribution in [0.4, 0.5) is 5.95 Å². The van der Waals surface area contributed by atoms with E-state index in [1.165, 1.54) is 0 Å². The van der Waals surface area contributed by atoms with Gasteiger partial charge in [-0.2, -0.15) is 0 Å². The molecule has 1 aromatic carbocycles. The molecule has 0 unspecified atom stereocenters. The molecule has 138 valence electrons. The molecule has 4 N–H and O–H groups in total. The van der Waals surface area contributed by atoms with E-state index in [2.05, 4.69) is 17.2 Å². The molecular weight excluding hydrogens is 365 g/mol. The lowest BCUT2D eigenvalue weighted by atomic mass is 10.1. The summed E-state index contributed by atoms with van der Waals surface area (Å²) < 4.78 is 1.87. The Labute approximate surface area is 156 Å². The molecule has 25 heavy (non-hydrogen) atoms. The van der Waals surface area contributed by atoms with Gasteiger partial charge in [-0.05, 0) is 25.0 Å². The van der Waals surface area contributed by atoms with Crippen molar-refractivity contribution >= 4 is 40.2 Å². The molecule has 0 amide bonds. The smallest absolute Gasteiger partial charge is 0.204 e. The monoisotopic (exact) mass is 387 g/mol. The van der Waals surface area contributed by atoms with Crippen LogP contribution in [0.15, 0.2) is 12.1 Å². The maximum absolute atomic E-state index is 10.5. The zero-order valence-corrected chi connectivity index (χ0v) is 15.5. The number of aliphatic hydroxyl groups is 3. The second-order valence-corrected chi connectivity index (χ2v) is 7.38. The average molecular weight is 388 g/mol. The van der Waals surface area contributed by atoms with Crippen molar-refractivity contribution in [3.8, 4) is 0 Å². The summed E-state index contributed by atoms with van der Waals surface area (Å²) in [6.07, 6.45) is 0.518. The first-order valence-electron chi connectivity index (χ1n) is 8.55. The van der Waals surface area contributed by atoms with Gasteiger partial charge in [0.25, 0.3) is 0 Å². The molecule has 0 saturated heterocycles. The van der Waals surface area contributed by atoms with E-state index in [1.807, 2.05) is 4.57 Å². The third kappa shape index (κ3) is 3.46. The molecule has 1 saturated carbocycles. The Bertz CT molecular complexity index is 752. The lowest BCUT2D eigenvalue weighted by Crippen LogP contribution is -2.30. The molecule has 3 rings (SSSR count). The maximum Gasteiger partial charge on any atom is 0.204 e. The molecule has 0 bridgehead atoms. The summed E-state index contributed by atoms with van der Waals surface area (Å²) in [6.45, 7) is 2.68. The van der Waals surface area contributed by atoms with Crippen LogP contribution in [0.1, 0.15) is 32.2 Å². The minimum Gasteiger partial charge on any atom is -0.396 e. The fourth-order valence-electron chi connectivity index (χ4n) is 3.46. The molecule has 6 nitrogen and oxygen atoms in total. The van der Waals surface area contributed by atoms with Crippen LogP contribution in [-0.2, 0) is 0 Å². The highest BCUT2D eigenvalue weighted by atomic mass is 35.5. The molecule has 1 aromatic heterocycles. The Balaban J connectivity index is 2.07. The maximum atomic E-state index is 10.5. The van der Waals surface area contributed by atoms with Crippen molar-refractivity contribution in [2.45, 2.75) is 44.4 Å². The number of benzene rings is 1. The zero-order valence-electron chi connectivity index (χ0n) is 14.0. The van der Waals surface area contributed by atoms with E-state index in [4.69, 9.17) is 23.2 Å². The number of hydrogen-bond donors (Lipinski definition) is 4.